The zero-order valence-corrected chi connectivity index (χ0v) is 14.1. The molecule has 24 heavy (non-hydrogen) atoms. The summed E-state index contributed by atoms with van der Waals surface area (Å²) in [5, 5.41) is 2.76. The number of nitrogens with one attached hydrogen (secondary N) is 1. The third-order valence-corrected chi connectivity index (χ3v) is 3.32. The number of hydrogen-bond donors (Lipinski definition) is 1. The minimum Gasteiger partial charge on any atom is -0.497 e. The molecule has 0 atom stereocenters. The summed E-state index contributed by atoms with van der Waals surface area (Å²) in [4.78, 5) is 11.7. The summed E-state index contributed by atoms with van der Waals surface area (Å²) in [7, 11) is 1.62. The molecule has 1 N–H and O–H groups in total. The molecule has 0 radical (unpaired) electrons. The van der Waals surface area contributed by atoms with Gasteiger partial charge in [0.25, 0.3) is 0 Å². The highest BCUT2D eigenvalue weighted by Gasteiger charge is 2.02. The Morgan fingerprint density at radius 1 is 1.08 bits per heavy atom. The van der Waals surface area contributed by atoms with Crippen LogP contribution < -0.4 is 14.8 Å². The van der Waals surface area contributed by atoms with E-state index in [0.29, 0.717) is 19.8 Å². The minimum atomic E-state index is -0.161. The van der Waals surface area contributed by atoms with E-state index in [9.17, 15) is 4.79 Å². The molecule has 0 unspecified atom stereocenters. The van der Waals surface area contributed by atoms with Crippen LogP contribution in [-0.2, 0) is 16.1 Å². The van der Waals surface area contributed by atoms with Gasteiger partial charge in [-0.15, -0.1) is 0 Å². The van der Waals surface area contributed by atoms with E-state index in [0.717, 1.165) is 22.6 Å². The molecule has 0 aliphatic heterocycles. The van der Waals surface area contributed by atoms with Crippen molar-refractivity contribution in [2.45, 2.75) is 13.5 Å². The number of ether oxygens (including phenoxy) is 3. The van der Waals surface area contributed by atoms with Crippen molar-refractivity contribution in [1.82, 2.24) is 5.32 Å². The van der Waals surface area contributed by atoms with Crippen molar-refractivity contribution < 1.29 is 19.0 Å². The van der Waals surface area contributed by atoms with Gasteiger partial charge in [0.05, 0.1) is 20.3 Å². The van der Waals surface area contributed by atoms with Gasteiger partial charge in [-0.25, -0.2) is 0 Å². The van der Waals surface area contributed by atoms with E-state index in [1.807, 2.05) is 55.5 Å². The lowest BCUT2D eigenvalue weighted by Gasteiger charge is -2.09. The van der Waals surface area contributed by atoms with E-state index in [1.165, 1.54) is 0 Å². The molecule has 0 fully saturated rings. The van der Waals surface area contributed by atoms with Crippen molar-refractivity contribution in [1.29, 1.82) is 0 Å². The smallest absolute Gasteiger partial charge is 0.246 e. The molecular weight excluding hydrogens is 306 g/mol. The second-order valence-electron chi connectivity index (χ2n) is 5.36. The van der Waals surface area contributed by atoms with E-state index in [2.05, 4.69) is 5.32 Å². The average molecular weight is 329 g/mol. The van der Waals surface area contributed by atoms with Crippen LogP contribution in [0.15, 0.2) is 48.5 Å². The Hall–Kier alpha value is -2.53. The lowest BCUT2D eigenvalue weighted by molar-refractivity contribution is -0.126. The maximum Gasteiger partial charge on any atom is 0.246 e. The highest BCUT2D eigenvalue weighted by molar-refractivity contribution is 5.77. The molecule has 0 heterocycles. The van der Waals surface area contributed by atoms with Crippen molar-refractivity contribution in [3.63, 3.8) is 0 Å². The summed E-state index contributed by atoms with van der Waals surface area (Å²) in [5.74, 6) is 1.41. The molecule has 0 spiro atoms. The first kappa shape index (κ1) is 17.8. The topological polar surface area (TPSA) is 56.8 Å². The molecule has 1 amide bonds. The number of methoxy groups -OCH3 is 1. The largest absolute Gasteiger partial charge is 0.497 e. The van der Waals surface area contributed by atoms with Crippen molar-refractivity contribution in [3.05, 3.63) is 59.7 Å². The van der Waals surface area contributed by atoms with Gasteiger partial charge in [0.1, 0.15) is 24.7 Å². The number of benzene rings is 2. The SMILES string of the molecule is COc1cccc(COCC(=O)NCCOc2cccc(C)c2)c1. The zero-order valence-electron chi connectivity index (χ0n) is 14.1. The van der Waals surface area contributed by atoms with Crippen LogP contribution in [0.25, 0.3) is 0 Å². The van der Waals surface area contributed by atoms with Crippen molar-refractivity contribution in [2.75, 3.05) is 26.9 Å². The highest BCUT2D eigenvalue weighted by Crippen LogP contribution is 2.13. The molecule has 5 nitrogen and oxygen atoms in total. The van der Waals surface area contributed by atoms with Crippen LogP contribution in [0.2, 0.25) is 0 Å². The van der Waals surface area contributed by atoms with Gasteiger partial charge in [-0.05, 0) is 42.3 Å². The monoisotopic (exact) mass is 329 g/mol. The predicted octanol–water partition coefficient (Wildman–Crippen LogP) is 2.72. The van der Waals surface area contributed by atoms with E-state index in [-0.39, 0.29) is 12.5 Å². The van der Waals surface area contributed by atoms with Crippen LogP contribution in [-0.4, -0.2) is 32.8 Å². The minimum absolute atomic E-state index is 0.0155. The quantitative estimate of drug-likeness (QED) is 0.719. The number of carbonyl (C=O) groups is 1. The molecule has 5 heteroatoms. The van der Waals surface area contributed by atoms with Crippen molar-refractivity contribution in [3.8, 4) is 11.5 Å². The van der Waals surface area contributed by atoms with Gasteiger partial charge in [-0.3, -0.25) is 4.79 Å². The van der Waals surface area contributed by atoms with Crippen LogP contribution in [0, 0.1) is 6.92 Å². The molecule has 2 rings (SSSR count). The Balaban J connectivity index is 1.59. The fourth-order valence-corrected chi connectivity index (χ4v) is 2.14. The van der Waals surface area contributed by atoms with Crippen molar-refractivity contribution >= 4 is 5.91 Å². The highest BCUT2D eigenvalue weighted by atomic mass is 16.5. The lowest BCUT2D eigenvalue weighted by atomic mass is 10.2. The second kappa shape index (κ2) is 9.57. The third-order valence-electron chi connectivity index (χ3n) is 3.32. The predicted molar refractivity (Wildman–Crippen MR) is 92.3 cm³/mol. The summed E-state index contributed by atoms with van der Waals surface area (Å²) >= 11 is 0. The van der Waals surface area contributed by atoms with Gasteiger partial charge in [0, 0.05) is 0 Å². The zero-order chi connectivity index (χ0) is 17.2. The van der Waals surface area contributed by atoms with E-state index in [4.69, 9.17) is 14.2 Å². The molecule has 2 aromatic carbocycles. The number of aryl methyl sites for hydroxylation is 1. The van der Waals surface area contributed by atoms with Gasteiger partial charge >= 0.3 is 0 Å². The average Bonchev–Trinajstić information content (AvgIpc) is 2.59. The molecule has 0 saturated heterocycles. The van der Waals surface area contributed by atoms with Crippen molar-refractivity contribution in [2.24, 2.45) is 0 Å². The summed E-state index contributed by atoms with van der Waals surface area (Å²) in [5.41, 5.74) is 2.10. The summed E-state index contributed by atoms with van der Waals surface area (Å²) in [6.07, 6.45) is 0. The second-order valence-corrected chi connectivity index (χ2v) is 5.36. The molecule has 2 aromatic rings. The van der Waals surface area contributed by atoms with Gasteiger partial charge in [0.15, 0.2) is 0 Å². The van der Waals surface area contributed by atoms with Gasteiger partial charge in [-0.2, -0.15) is 0 Å². The van der Waals surface area contributed by atoms with E-state index in [1.54, 1.807) is 7.11 Å². The molecule has 0 bridgehead atoms. The number of rotatable bonds is 9. The third kappa shape index (κ3) is 6.30. The number of carbonyl (C=O) groups excluding carboxylic acids is 1. The first-order valence-corrected chi connectivity index (χ1v) is 7.84. The van der Waals surface area contributed by atoms with Crippen LogP contribution in [0.3, 0.4) is 0 Å². The van der Waals surface area contributed by atoms with Crippen LogP contribution in [0.4, 0.5) is 0 Å². The maximum atomic E-state index is 11.7. The van der Waals surface area contributed by atoms with Crippen LogP contribution in [0.5, 0.6) is 11.5 Å². The standard InChI is InChI=1S/C19H23NO4/c1-15-5-3-8-18(11-15)24-10-9-20-19(21)14-23-13-16-6-4-7-17(12-16)22-2/h3-8,11-12H,9-10,13-14H2,1-2H3,(H,20,21). The summed E-state index contributed by atoms with van der Waals surface area (Å²) in [6, 6.07) is 15.4. The Morgan fingerprint density at radius 3 is 2.67 bits per heavy atom. The first-order chi connectivity index (χ1) is 11.7. The Bertz CT molecular complexity index is 657. The molecule has 128 valence electrons. The Labute approximate surface area is 142 Å². The number of amides is 1. The Morgan fingerprint density at radius 2 is 1.88 bits per heavy atom. The van der Waals surface area contributed by atoms with Crippen LogP contribution >= 0.6 is 0 Å². The first-order valence-electron chi connectivity index (χ1n) is 7.84. The fourth-order valence-electron chi connectivity index (χ4n) is 2.14. The van der Waals surface area contributed by atoms with E-state index >= 15 is 0 Å². The molecule has 0 aliphatic rings. The van der Waals surface area contributed by atoms with Gasteiger partial charge in [0.2, 0.25) is 5.91 Å². The molecule has 0 saturated carbocycles. The van der Waals surface area contributed by atoms with Crippen LogP contribution in [0.1, 0.15) is 11.1 Å². The Kier molecular flexibility index (Phi) is 7.11. The van der Waals surface area contributed by atoms with Gasteiger partial charge < -0.3 is 19.5 Å². The van der Waals surface area contributed by atoms with E-state index < -0.39 is 0 Å². The normalized spacial score (nSPS) is 10.2. The van der Waals surface area contributed by atoms with Gasteiger partial charge in [-0.1, -0.05) is 24.3 Å². The summed E-state index contributed by atoms with van der Waals surface area (Å²) in [6.45, 7) is 3.25. The lowest BCUT2D eigenvalue weighted by Crippen LogP contribution is -2.31. The number of hydrogen-bond acceptors (Lipinski definition) is 4. The summed E-state index contributed by atoms with van der Waals surface area (Å²) < 4.78 is 16.1. The molecular formula is C19H23NO4. The molecule has 0 aliphatic carbocycles. The molecule has 0 aromatic heterocycles. The fraction of sp³-hybridized carbons (Fsp3) is 0.316. The maximum absolute atomic E-state index is 11.7.